The molecule has 0 aromatic heterocycles. The molecule has 4 heterocycles. The molecule has 0 aliphatic carbocycles. The van der Waals surface area contributed by atoms with Crippen LogP contribution in [0, 0.1) is 17.2 Å². The van der Waals surface area contributed by atoms with Crippen LogP contribution in [0.3, 0.4) is 0 Å². The number of halogens is 1. The summed E-state index contributed by atoms with van der Waals surface area (Å²) < 4.78 is 27.4. The molecule has 6 heteroatoms. The van der Waals surface area contributed by atoms with Crippen LogP contribution in [0.15, 0.2) is 36.4 Å². The fourth-order valence-electron chi connectivity index (χ4n) is 5.67. The van der Waals surface area contributed by atoms with E-state index in [4.69, 9.17) is 9.47 Å². The average molecular weight is 481 g/mol. The SMILES string of the molecule is CC(C)(C)c1ccc(-c2cc3c(cc2F)C(NC(=O)O[C@@H]2CN4CCC2CC4)C(C)(C)CO3)cc1. The summed E-state index contributed by atoms with van der Waals surface area (Å²) in [5, 5.41) is 3.06. The molecule has 1 N–H and O–H groups in total. The van der Waals surface area contributed by atoms with Crippen molar-refractivity contribution < 1.29 is 18.7 Å². The van der Waals surface area contributed by atoms with Gasteiger partial charge < -0.3 is 14.8 Å². The Kier molecular flexibility index (Phi) is 6.07. The molecule has 1 unspecified atom stereocenters. The van der Waals surface area contributed by atoms with E-state index in [0.29, 0.717) is 29.4 Å². The number of ether oxygens (including phenoxy) is 2. The average Bonchev–Trinajstić information content (AvgIpc) is 2.81. The Labute approximate surface area is 208 Å². The number of hydrogen-bond acceptors (Lipinski definition) is 4. The standard InChI is InChI=1S/C29H37FN2O3/c1-28(2,3)20-8-6-18(7-9-20)21-15-24-22(14-23(21)30)26(29(4,5)17-34-24)31-27(33)35-25-16-32-12-10-19(25)11-13-32/h6-9,14-15,19,25-26H,10-13,16-17H2,1-5H3,(H,31,33)/t25-,26?/m1/s1. The van der Waals surface area contributed by atoms with E-state index in [1.54, 1.807) is 6.07 Å². The summed E-state index contributed by atoms with van der Waals surface area (Å²) in [4.78, 5) is 15.3. The minimum Gasteiger partial charge on any atom is -0.493 e. The van der Waals surface area contributed by atoms with Crippen LogP contribution in [0.1, 0.15) is 64.6 Å². The molecular weight excluding hydrogens is 443 g/mol. The van der Waals surface area contributed by atoms with Crippen molar-refractivity contribution in [2.75, 3.05) is 26.2 Å². The Morgan fingerprint density at radius 1 is 1.14 bits per heavy atom. The highest BCUT2D eigenvalue weighted by atomic mass is 19.1. The van der Waals surface area contributed by atoms with Crippen LogP contribution in [0.4, 0.5) is 9.18 Å². The number of rotatable bonds is 3. The Morgan fingerprint density at radius 2 is 1.83 bits per heavy atom. The smallest absolute Gasteiger partial charge is 0.407 e. The predicted octanol–water partition coefficient (Wildman–Crippen LogP) is 6.07. The summed E-state index contributed by atoms with van der Waals surface area (Å²) in [5.74, 6) is 0.713. The maximum Gasteiger partial charge on any atom is 0.407 e. The molecule has 4 aliphatic rings. The molecule has 35 heavy (non-hydrogen) atoms. The van der Waals surface area contributed by atoms with Crippen molar-refractivity contribution in [3.05, 3.63) is 53.3 Å². The summed E-state index contributed by atoms with van der Waals surface area (Å²) in [6.07, 6.45) is 1.65. The van der Waals surface area contributed by atoms with Gasteiger partial charge in [0.1, 0.15) is 17.7 Å². The number of alkyl carbamates (subject to hydrolysis) is 1. The molecule has 188 valence electrons. The zero-order chi connectivity index (χ0) is 25.0. The number of fused-ring (bicyclic) bond motifs is 4. The third kappa shape index (κ3) is 4.77. The lowest BCUT2D eigenvalue weighted by atomic mass is 9.78. The van der Waals surface area contributed by atoms with Gasteiger partial charge in [-0.1, -0.05) is 58.9 Å². The second-order valence-corrected chi connectivity index (χ2v) is 12.1. The van der Waals surface area contributed by atoms with Gasteiger partial charge in [0.05, 0.1) is 12.6 Å². The van der Waals surface area contributed by atoms with Gasteiger partial charge in [-0.2, -0.15) is 0 Å². The van der Waals surface area contributed by atoms with Crippen LogP contribution in [-0.4, -0.2) is 43.3 Å². The molecule has 0 saturated carbocycles. The number of carbonyl (C=O) groups is 1. The first-order chi connectivity index (χ1) is 16.5. The summed E-state index contributed by atoms with van der Waals surface area (Å²) in [5.41, 5.74) is 2.77. The topological polar surface area (TPSA) is 50.8 Å². The van der Waals surface area contributed by atoms with Crippen molar-refractivity contribution in [3.8, 4) is 16.9 Å². The molecule has 4 aliphatic heterocycles. The molecule has 2 aromatic rings. The molecule has 5 nitrogen and oxygen atoms in total. The van der Waals surface area contributed by atoms with Gasteiger partial charge in [-0.25, -0.2) is 9.18 Å². The van der Waals surface area contributed by atoms with E-state index in [-0.39, 0.29) is 17.3 Å². The monoisotopic (exact) mass is 480 g/mol. The third-order valence-electron chi connectivity index (χ3n) is 7.97. The maximum absolute atomic E-state index is 15.4. The lowest BCUT2D eigenvalue weighted by Gasteiger charge is -2.44. The molecule has 2 atom stereocenters. The highest BCUT2D eigenvalue weighted by Gasteiger charge is 2.41. The van der Waals surface area contributed by atoms with E-state index in [2.05, 4.69) is 31.0 Å². The molecular formula is C29H37FN2O3. The zero-order valence-corrected chi connectivity index (χ0v) is 21.5. The Bertz CT molecular complexity index is 1100. The van der Waals surface area contributed by atoms with E-state index < -0.39 is 17.6 Å². The lowest BCUT2D eigenvalue weighted by Crippen LogP contribution is -2.53. The Balaban J connectivity index is 1.38. The number of nitrogens with zero attached hydrogens (tertiary/aromatic N) is 1. The number of piperidine rings is 3. The summed E-state index contributed by atoms with van der Waals surface area (Å²) in [7, 11) is 0. The van der Waals surface area contributed by atoms with Crippen LogP contribution < -0.4 is 10.1 Å². The third-order valence-corrected chi connectivity index (χ3v) is 7.97. The Morgan fingerprint density at radius 3 is 2.43 bits per heavy atom. The van der Waals surface area contributed by atoms with Crippen LogP contribution >= 0.6 is 0 Å². The lowest BCUT2D eigenvalue weighted by molar-refractivity contribution is -0.0361. The van der Waals surface area contributed by atoms with Crippen LogP contribution in [-0.2, 0) is 10.2 Å². The van der Waals surface area contributed by atoms with E-state index in [0.717, 1.165) is 38.0 Å². The molecule has 3 saturated heterocycles. The molecule has 3 fully saturated rings. The van der Waals surface area contributed by atoms with E-state index in [1.165, 1.54) is 11.6 Å². The number of nitrogens with one attached hydrogen (secondary N) is 1. The molecule has 2 aromatic carbocycles. The first-order valence-electron chi connectivity index (χ1n) is 12.8. The van der Waals surface area contributed by atoms with Crippen molar-refractivity contribution in [1.29, 1.82) is 0 Å². The van der Waals surface area contributed by atoms with Gasteiger partial charge in [-0.05, 0) is 60.5 Å². The molecule has 1 amide bonds. The van der Waals surface area contributed by atoms with Gasteiger partial charge in [-0.15, -0.1) is 0 Å². The van der Waals surface area contributed by atoms with Crippen molar-refractivity contribution in [2.45, 2.75) is 65.0 Å². The first kappa shape index (κ1) is 24.1. The van der Waals surface area contributed by atoms with Gasteiger partial charge in [0.15, 0.2) is 0 Å². The summed E-state index contributed by atoms with van der Waals surface area (Å²) in [6, 6.07) is 10.9. The maximum atomic E-state index is 15.4. The van der Waals surface area contributed by atoms with E-state index in [1.807, 2.05) is 38.1 Å². The fourth-order valence-corrected chi connectivity index (χ4v) is 5.67. The highest BCUT2D eigenvalue weighted by molar-refractivity contribution is 5.71. The van der Waals surface area contributed by atoms with Crippen LogP contribution in [0.5, 0.6) is 5.75 Å². The number of benzene rings is 2. The van der Waals surface area contributed by atoms with Gasteiger partial charge >= 0.3 is 6.09 Å². The Hall–Kier alpha value is -2.60. The summed E-state index contributed by atoms with van der Waals surface area (Å²) >= 11 is 0. The van der Waals surface area contributed by atoms with Crippen molar-refractivity contribution in [1.82, 2.24) is 10.2 Å². The molecule has 0 radical (unpaired) electrons. The van der Waals surface area contributed by atoms with Crippen molar-refractivity contribution >= 4 is 6.09 Å². The highest BCUT2D eigenvalue weighted by Crippen LogP contribution is 2.45. The quantitative estimate of drug-likeness (QED) is 0.579. The van der Waals surface area contributed by atoms with Crippen molar-refractivity contribution in [3.63, 3.8) is 0 Å². The zero-order valence-electron chi connectivity index (χ0n) is 21.5. The normalized spacial score (nSPS) is 27.0. The molecule has 6 rings (SSSR count). The minimum absolute atomic E-state index is 0.0314. The van der Waals surface area contributed by atoms with Crippen LogP contribution in [0.25, 0.3) is 11.1 Å². The van der Waals surface area contributed by atoms with Gasteiger partial charge in [0, 0.05) is 23.1 Å². The first-order valence-corrected chi connectivity index (χ1v) is 12.8. The van der Waals surface area contributed by atoms with Crippen LogP contribution in [0.2, 0.25) is 0 Å². The second kappa shape index (κ2) is 8.81. The van der Waals surface area contributed by atoms with Gasteiger partial charge in [-0.3, -0.25) is 4.90 Å². The van der Waals surface area contributed by atoms with Gasteiger partial charge in [0.2, 0.25) is 0 Å². The minimum atomic E-state index is -0.433. The second-order valence-electron chi connectivity index (χ2n) is 12.1. The predicted molar refractivity (Wildman–Crippen MR) is 135 cm³/mol. The largest absolute Gasteiger partial charge is 0.493 e. The van der Waals surface area contributed by atoms with Crippen molar-refractivity contribution in [2.24, 2.45) is 11.3 Å². The number of carbonyl (C=O) groups excluding carboxylic acids is 1. The fraction of sp³-hybridized carbons (Fsp3) is 0.552. The van der Waals surface area contributed by atoms with Gasteiger partial charge in [0.25, 0.3) is 0 Å². The number of amides is 1. The number of hydrogen-bond donors (Lipinski definition) is 1. The van der Waals surface area contributed by atoms with E-state index in [9.17, 15) is 4.79 Å². The summed E-state index contributed by atoms with van der Waals surface area (Å²) in [6.45, 7) is 13.9. The van der Waals surface area contributed by atoms with E-state index >= 15 is 4.39 Å². The molecule has 0 spiro atoms. The molecule has 2 bridgehead atoms.